The number of aliphatic hydroxyl groups excluding tert-OH is 1. The van der Waals surface area contributed by atoms with Crippen molar-refractivity contribution >= 4 is 19.6 Å². The summed E-state index contributed by atoms with van der Waals surface area (Å²) in [5.74, 6) is -0.667. The molecule has 0 aromatic heterocycles. The number of carbonyl (C=O) groups excluding carboxylic acids is 2. The van der Waals surface area contributed by atoms with Gasteiger partial charge in [-0.3, -0.25) is 0 Å². The number of nitrogens with one attached hydrogen (secondary N) is 2. The van der Waals surface area contributed by atoms with Gasteiger partial charge >= 0.3 is 111 Å². The normalized spacial score (nSPS) is 14.0. The molecule has 1 radical (unpaired) electrons. The van der Waals surface area contributed by atoms with Gasteiger partial charge in [-0.1, -0.05) is 48.5 Å². The standard InChI is InChI=1S/C23H27BN4O4/c1-14(2)21(22(30)25-11-15(29)12-26-28-24)27-23(31)32-13-20-18-9-5-3-7-16(18)17-8-4-6-10-19(17)20/h3-10,14-15,20-21,29H,11-13H2,1-2H3,(H,25,30)(H,27,31)/q+1. The maximum absolute atomic E-state index is 12.5. The second kappa shape index (κ2) is 10.8. The average Bonchev–Trinajstić information content (AvgIpc) is 3.11. The van der Waals surface area contributed by atoms with Crippen molar-refractivity contribution in [3.05, 3.63) is 59.7 Å². The molecule has 1 aliphatic carbocycles. The molecule has 0 heterocycles. The Morgan fingerprint density at radius 3 is 2.28 bits per heavy atom. The zero-order valence-electron chi connectivity index (χ0n) is 18.2. The van der Waals surface area contributed by atoms with Gasteiger partial charge in [0.1, 0.15) is 0 Å². The number of fused-ring (bicyclic) bond motifs is 3. The van der Waals surface area contributed by atoms with Gasteiger partial charge in [-0.25, -0.2) is 0 Å². The fourth-order valence-electron chi connectivity index (χ4n) is 3.84. The molecule has 1 aliphatic rings. The number of nitrogens with zero attached hydrogens (tertiary/aromatic N) is 2. The third-order valence-corrected chi connectivity index (χ3v) is 5.45. The molecular formula is C23H27BN4O4+. The summed E-state index contributed by atoms with van der Waals surface area (Å²) in [5.41, 5.74) is 4.51. The second-order valence-electron chi connectivity index (χ2n) is 8.03. The number of hydrogen-bond acceptors (Lipinski definition) is 5. The third kappa shape index (κ3) is 5.49. The maximum atomic E-state index is 12.5. The molecule has 32 heavy (non-hydrogen) atoms. The molecule has 2 aromatic rings. The minimum absolute atomic E-state index is 0.0249. The Balaban J connectivity index is 1.59. The van der Waals surface area contributed by atoms with Crippen LogP contribution in [0.5, 0.6) is 0 Å². The summed E-state index contributed by atoms with van der Waals surface area (Å²) >= 11 is 0. The van der Waals surface area contributed by atoms with E-state index in [1.807, 2.05) is 50.2 Å². The number of alkyl carbamates (subject to hydrolysis) is 1. The van der Waals surface area contributed by atoms with Crippen LogP contribution in [-0.2, 0) is 9.53 Å². The van der Waals surface area contributed by atoms with E-state index in [1.165, 1.54) is 0 Å². The molecule has 3 N–H and O–H groups in total. The molecule has 2 unspecified atom stereocenters. The topological polar surface area (TPSA) is 114 Å². The quantitative estimate of drug-likeness (QED) is 0.318. The molecule has 165 valence electrons. The molecule has 0 aliphatic heterocycles. The van der Waals surface area contributed by atoms with Crippen LogP contribution < -0.4 is 15.3 Å². The van der Waals surface area contributed by atoms with Gasteiger partial charge in [0.25, 0.3) is 0 Å². The van der Waals surface area contributed by atoms with Crippen molar-refractivity contribution in [3.8, 4) is 11.1 Å². The van der Waals surface area contributed by atoms with Gasteiger partial charge in [0, 0.05) is 5.92 Å². The van der Waals surface area contributed by atoms with E-state index in [9.17, 15) is 14.7 Å². The van der Waals surface area contributed by atoms with Crippen LogP contribution in [0.15, 0.2) is 53.6 Å². The Morgan fingerprint density at radius 1 is 1.12 bits per heavy atom. The van der Waals surface area contributed by atoms with Gasteiger partial charge in [-0.15, -0.1) is 0 Å². The van der Waals surface area contributed by atoms with Crippen LogP contribution in [0.3, 0.4) is 0 Å². The number of benzene rings is 2. The predicted molar refractivity (Wildman–Crippen MR) is 121 cm³/mol. The fourth-order valence-corrected chi connectivity index (χ4v) is 3.84. The van der Waals surface area contributed by atoms with Gasteiger partial charge in [0.15, 0.2) is 0 Å². The summed E-state index contributed by atoms with van der Waals surface area (Å²) in [7, 11) is 4.90. The van der Waals surface area contributed by atoms with E-state index in [0.29, 0.717) is 0 Å². The second-order valence-corrected chi connectivity index (χ2v) is 8.03. The van der Waals surface area contributed by atoms with Crippen LogP contribution in [0, 0.1) is 5.92 Å². The predicted octanol–water partition coefficient (Wildman–Crippen LogP) is 1.90. The number of amides is 2. The van der Waals surface area contributed by atoms with Crippen LogP contribution in [-0.4, -0.2) is 56.6 Å². The number of rotatable bonds is 9. The van der Waals surface area contributed by atoms with E-state index in [1.54, 1.807) is 0 Å². The summed E-state index contributed by atoms with van der Waals surface area (Å²) in [6.07, 6.45) is -1.59. The zero-order chi connectivity index (χ0) is 23.1. The number of carbonyl (C=O) groups is 2. The van der Waals surface area contributed by atoms with Gasteiger partial charge < -0.3 is 0 Å². The third-order valence-electron chi connectivity index (χ3n) is 5.45. The van der Waals surface area contributed by atoms with Gasteiger partial charge in [-0.2, -0.15) is 0 Å². The zero-order valence-corrected chi connectivity index (χ0v) is 18.2. The van der Waals surface area contributed by atoms with Crippen LogP contribution in [0.25, 0.3) is 11.1 Å². The molecule has 2 aromatic carbocycles. The van der Waals surface area contributed by atoms with Crippen molar-refractivity contribution in [1.82, 2.24) is 15.3 Å². The van der Waals surface area contributed by atoms with E-state index in [2.05, 4.69) is 32.6 Å². The molecule has 3 rings (SSSR count). The van der Waals surface area contributed by atoms with Crippen molar-refractivity contribution in [2.24, 2.45) is 11.0 Å². The van der Waals surface area contributed by atoms with E-state index in [4.69, 9.17) is 12.4 Å². The Morgan fingerprint density at radius 2 is 1.72 bits per heavy atom. The van der Waals surface area contributed by atoms with Crippen LogP contribution >= 0.6 is 0 Å². The number of aliphatic hydroxyl groups is 1. The van der Waals surface area contributed by atoms with E-state index >= 15 is 0 Å². The summed E-state index contributed by atoms with van der Waals surface area (Å²) < 4.78 is 8.59. The first-order valence-electron chi connectivity index (χ1n) is 10.6. The van der Waals surface area contributed by atoms with Crippen LogP contribution in [0.4, 0.5) is 4.79 Å². The molecule has 0 spiro atoms. The summed E-state index contributed by atoms with van der Waals surface area (Å²) in [5, 5.41) is 18.5. The van der Waals surface area contributed by atoms with Gasteiger partial charge in [-0.05, 0) is 22.3 Å². The monoisotopic (exact) mass is 434 g/mol. The molecule has 0 fully saturated rings. The van der Waals surface area contributed by atoms with Crippen molar-refractivity contribution in [2.45, 2.75) is 31.9 Å². The van der Waals surface area contributed by atoms with Crippen molar-refractivity contribution < 1.29 is 19.4 Å². The van der Waals surface area contributed by atoms with E-state index < -0.39 is 24.1 Å². The molecule has 2 atom stereocenters. The Bertz CT molecular complexity index is 977. The molecule has 2 amide bonds. The number of hydrogen-bond donors (Lipinski definition) is 3. The molecule has 0 saturated heterocycles. The minimum atomic E-state index is -0.923. The van der Waals surface area contributed by atoms with Gasteiger partial charge in [0.05, 0.1) is 0 Å². The first kappa shape index (κ1) is 23.4. The fraction of sp³-hybridized carbons (Fsp3) is 0.391. The molecule has 0 bridgehead atoms. The van der Waals surface area contributed by atoms with Crippen molar-refractivity contribution in [3.63, 3.8) is 0 Å². The number of ether oxygens (including phenoxy) is 1. The average molecular weight is 434 g/mol. The summed E-state index contributed by atoms with van der Waals surface area (Å²) in [4.78, 5) is 25.0. The van der Waals surface area contributed by atoms with Crippen LogP contribution in [0.1, 0.15) is 30.9 Å². The first-order chi connectivity index (χ1) is 15.4. The van der Waals surface area contributed by atoms with Crippen molar-refractivity contribution in [2.75, 3.05) is 19.7 Å². The first-order valence-corrected chi connectivity index (χ1v) is 10.6. The van der Waals surface area contributed by atoms with E-state index in [-0.39, 0.29) is 31.5 Å². The summed E-state index contributed by atoms with van der Waals surface area (Å²) in [6.45, 7) is 3.73. The SMILES string of the molecule is [B]=[N+]=NCC(O)CNC(=O)C(NC(=O)OCC1c2ccccc2-c2ccccc21)C(C)C. The molecule has 9 heteroatoms. The Labute approximate surface area is 188 Å². The summed E-state index contributed by atoms with van der Waals surface area (Å²) in [6, 6.07) is 15.3. The Hall–Kier alpha value is -3.29. The van der Waals surface area contributed by atoms with Crippen molar-refractivity contribution in [1.29, 1.82) is 0 Å². The van der Waals surface area contributed by atoms with Crippen LogP contribution in [0.2, 0.25) is 0 Å². The van der Waals surface area contributed by atoms with Gasteiger partial charge in [0.2, 0.25) is 0 Å². The molecule has 0 saturated carbocycles. The molecular weight excluding hydrogens is 407 g/mol. The Kier molecular flexibility index (Phi) is 7.92. The van der Waals surface area contributed by atoms with E-state index in [0.717, 1.165) is 22.3 Å². The molecule has 8 nitrogen and oxygen atoms in total.